The molecule has 0 saturated carbocycles. The van der Waals surface area contributed by atoms with Gasteiger partial charge in [-0.2, -0.15) is 5.10 Å². The number of aromatic nitrogens is 2. The van der Waals surface area contributed by atoms with Gasteiger partial charge in [-0.1, -0.05) is 0 Å². The Balaban J connectivity index is 2.37. The molecule has 7 heteroatoms. The molecule has 0 atom stereocenters. The van der Waals surface area contributed by atoms with Crippen LogP contribution in [0.4, 0.5) is 10.1 Å². The largest absolute Gasteiger partial charge is 0.491 e. The van der Waals surface area contributed by atoms with Crippen LogP contribution in [0, 0.1) is 5.82 Å². The van der Waals surface area contributed by atoms with Gasteiger partial charge in [0.15, 0.2) is 11.6 Å². The van der Waals surface area contributed by atoms with Crippen molar-refractivity contribution in [1.29, 1.82) is 0 Å². The Kier molecular flexibility index (Phi) is 4.42. The van der Waals surface area contributed by atoms with Gasteiger partial charge in [0.05, 0.1) is 36.3 Å². The minimum atomic E-state index is -0.545. The molecule has 0 fully saturated rings. The minimum Gasteiger partial charge on any atom is -0.491 e. The summed E-state index contributed by atoms with van der Waals surface area (Å²) >= 11 is 0. The van der Waals surface area contributed by atoms with E-state index in [9.17, 15) is 9.18 Å². The van der Waals surface area contributed by atoms with Crippen molar-refractivity contribution >= 4 is 11.7 Å². The standard InChI is InChI=1S/C14H16FN3O3/c1-3-20-13-6-12(11(16)5-10(13)15)18-8-9(7-17-18)14(19)21-4-2/h5-8H,3-4,16H2,1-2H3. The van der Waals surface area contributed by atoms with Crippen LogP contribution in [0.1, 0.15) is 24.2 Å². The lowest BCUT2D eigenvalue weighted by Gasteiger charge is -2.10. The van der Waals surface area contributed by atoms with Crippen molar-refractivity contribution in [3.05, 3.63) is 35.9 Å². The highest BCUT2D eigenvalue weighted by Crippen LogP contribution is 2.27. The van der Waals surface area contributed by atoms with E-state index in [4.69, 9.17) is 15.2 Å². The maximum Gasteiger partial charge on any atom is 0.341 e. The molecule has 0 bridgehead atoms. The van der Waals surface area contributed by atoms with Crippen LogP contribution in [0.5, 0.6) is 5.75 Å². The van der Waals surface area contributed by atoms with E-state index in [2.05, 4.69) is 5.10 Å². The van der Waals surface area contributed by atoms with Crippen molar-refractivity contribution in [3.63, 3.8) is 0 Å². The molecule has 0 aliphatic carbocycles. The summed E-state index contributed by atoms with van der Waals surface area (Å²) in [4.78, 5) is 11.6. The molecular weight excluding hydrogens is 277 g/mol. The lowest BCUT2D eigenvalue weighted by molar-refractivity contribution is 0.0526. The predicted molar refractivity (Wildman–Crippen MR) is 75.1 cm³/mol. The maximum atomic E-state index is 13.7. The molecule has 2 aromatic rings. The third-order valence-electron chi connectivity index (χ3n) is 2.72. The zero-order valence-electron chi connectivity index (χ0n) is 11.8. The Morgan fingerprint density at radius 3 is 2.81 bits per heavy atom. The second-order valence-electron chi connectivity index (χ2n) is 4.17. The van der Waals surface area contributed by atoms with Gasteiger partial charge in [-0.25, -0.2) is 13.9 Å². The van der Waals surface area contributed by atoms with E-state index in [1.807, 2.05) is 0 Å². The smallest absolute Gasteiger partial charge is 0.341 e. The number of esters is 1. The second-order valence-corrected chi connectivity index (χ2v) is 4.17. The van der Waals surface area contributed by atoms with Crippen molar-refractivity contribution in [2.45, 2.75) is 13.8 Å². The van der Waals surface area contributed by atoms with Gasteiger partial charge in [0.1, 0.15) is 0 Å². The fourth-order valence-electron chi connectivity index (χ4n) is 1.80. The SMILES string of the molecule is CCOC(=O)c1cnn(-c2cc(OCC)c(F)cc2N)c1. The van der Waals surface area contributed by atoms with Crippen molar-refractivity contribution in [3.8, 4) is 11.4 Å². The van der Waals surface area contributed by atoms with Gasteiger partial charge in [0, 0.05) is 18.3 Å². The average molecular weight is 293 g/mol. The third-order valence-corrected chi connectivity index (χ3v) is 2.72. The molecule has 21 heavy (non-hydrogen) atoms. The van der Waals surface area contributed by atoms with Gasteiger partial charge in [-0.15, -0.1) is 0 Å². The summed E-state index contributed by atoms with van der Waals surface area (Å²) in [6.07, 6.45) is 2.83. The molecule has 112 valence electrons. The summed E-state index contributed by atoms with van der Waals surface area (Å²) in [5, 5.41) is 4.04. The van der Waals surface area contributed by atoms with Crippen molar-refractivity contribution in [1.82, 2.24) is 9.78 Å². The van der Waals surface area contributed by atoms with E-state index < -0.39 is 11.8 Å². The lowest BCUT2D eigenvalue weighted by Crippen LogP contribution is -2.05. The number of halogens is 1. The molecule has 1 heterocycles. The third kappa shape index (κ3) is 3.13. The summed E-state index contributed by atoms with van der Waals surface area (Å²) in [6, 6.07) is 2.60. The van der Waals surface area contributed by atoms with E-state index in [-0.39, 0.29) is 18.0 Å². The summed E-state index contributed by atoms with van der Waals surface area (Å²) in [5.74, 6) is -0.944. The molecule has 0 saturated heterocycles. The van der Waals surface area contributed by atoms with Gasteiger partial charge < -0.3 is 15.2 Å². The maximum absolute atomic E-state index is 13.7. The first-order chi connectivity index (χ1) is 10.1. The molecule has 1 aromatic carbocycles. The van der Waals surface area contributed by atoms with Crippen LogP contribution in [0.2, 0.25) is 0 Å². The fourth-order valence-corrected chi connectivity index (χ4v) is 1.80. The topological polar surface area (TPSA) is 79.4 Å². The monoisotopic (exact) mass is 293 g/mol. The molecule has 0 amide bonds. The number of hydrogen-bond donors (Lipinski definition) is 1. The first kappa shape index (κ1) is 14.8. The van der Waals surface area contributed by atoms with Crippen LogP contribution in [0.3, 0.4) is 0 Å². The van der Waals surface area contributed by atoms with E-state index >= 15 is 0 Å². The highest BCUT2D eigenvalue weighted by Gasteiger charge is 2.14. The van der Waals surface area contributed by atoms with Gasteiger partial charge >= 0.3 is 5.97 Å². The zero-order chi connectivity index (χ0) is 15.4. The molecule has 0 unspecified atom stereocenters. The van der Waals surface area contributed by atoms with Crippen LogP contribution >= 0.6 is 0 Å². The molecule has 0 aliphatic heterocycles. The number of hydrogen-bond acceptors (Lipinski definition) is 5. The Morgan fingerprint density at radius 2 is 2.14 bits per heavy atom. The van der Waals surface area contributed by atoms with E-state index in [0.717, 1.165) is 6.07 Å². The van der Waals surface area contributed by atoms with Gasteiger partial charge in [0.2, 0.25) is 0 Å². The van der Waals surface area contributed by atoms with E-state index in [0.29, 0.717) is 17.9 Å². The normalized spacial score (nSPS) is 10.4. The highest BCUT2D eigenvalue weighted by atomic mass is 19.1. The van der Waals surface area contributed by atoms with Crippen LogP contribution in [-0.4, -0.2) is 29.0 Å². The number of carbonyl (C=O) groups is 1. The summed E-state index contributed by atoms with van der Waals surface area (Å²) in [5.41, 5.74) is 6.70. The van der Waals surface area contributed by atoms with Crippen molar-refractivity contribution < 1.29 is 18.7 Å². The lowest BCUT2D eigenvalue weighted by atomic mass is 10.2. The number of nitrogen functional groups attached to an aromatic ring is 1. The molecule has 0 radical (unpaired) electrons. The van der Waals surface area contributed by atoms with Crippen molar-refractivity contribution in [2.75, 3.05) is 18.9 Å². The number of nitrogens with two attached hydrogens (primary N) is 1. The van der Waals surface area contributed by atoms with Gasteiger partial charge in [-0.05, 0) is 13.8 Å². The van der Waals surface area contributed by atoms with E-state index in [1.165, 1.54) is 23.1 Å². The van der Waals surface area contributed by atoms with Gasteiger partial charge in [-0.3, -0.25) is 0 Å². The van der Waals surface area contributed by atoms with Crippen LogP contribution in [0.25, 0.3) is 5.69 Å². The van der Waals surface area contributed by atoms with Crippen LogP contribution < -0.4 is 10.5 Å². The Labute approximate surface area is 121 Å². The number of ether oxygens (including phenoxy) is 2. The van der Waals surface area contributed by atoms with Gasteiger partial charge in [0.25, 0.3) is 0 Å². The van der Waals surface area contributed by atoms with Crippen LogP contribution in [-0.2, 0) is 4.74 Å². The first-order valence-corrected chi connectivity index (χ1v) is 6.50. The molecule has 6 nitrogen and oxygen atoms in total. The molecular formula is C14H16FN3O3. The second kappa shape index (κ2) is 6.25. The average Bonchev–Trinajstić information content (AvgIpc) is 2.92. The fraction of sp³-hybridized carbons (Fsp3) is 0.286. The molecule has 0 aliphatic rings. The van der Waals surface area contributed by atoms with E-state index in [1.54, 1.807) is 13.8 Å². The number of benzene rings is 1. The molecule has 2 N–H and O–H groups in total. The predicted octanol–water partition coefficient (Wildman–Crippen LogP) is 2.17. The first-order valence-electron chi connectivity index (χ1n) is 6.50. The Bertz CT molecular complexity index is 655. The quantitative estimate of drug-likeness (QED) is 0.675. The number of nitrogens with zero attached hydrogens (tertiary/aromatic N) is 2. The summed E-state index contributed by atoms with van der Waals surface area (Å²) in [6.45, 7) is 4.07. The highest BCUT2D eigenvalue weighted by molar-refractivity contribution is 5.89. The van der Waals surface area contributed by atoms with Crippen molar-refractivity contribution in [2.24, 2.45) is 0 Å². The molecule has 0 spiro atoms. The number of anilines is 1. The molecule has 2 rings (SSSR count). The molecule has 1 aromatic heterocycles. The zero-order valence-corrected chi connectivity index (χ0v) is 11.8. The Hall–Kier alpha value is -2.57. The van der Waals surface area contributed by atoms with Crippen LogP contribution in [0.15, 0.2) is 24.5 Å². The number of carbonyl (C=O) groups excluding carboxylic acids is 1. The minimum absolute atomic E-state index is 0.0786. The summed E-state index contributed by atoms with van der Waals surface area (Å²) in [7, 11) is 0. The number of rotatable bonds is 5. The summed E-state index contributed by atoms with van der Waals surface area (Å²) < 4.78 is 25.1. The Morgan fingerprint density at radius 1 is 1.38 bits per heavy atom.